The number of rotatable bonds is 5. The van der Waals surface area contributed by atoms with Crippen molar-refractivity contribution < 1.29 is 14.7 Å². The smallest absolute Gasteiger partial charge is 0.313 e. The van der Waals surface area contributed by atoms with Crippen molar-refractivity contribution in [2.45, 2.75) is 25.8 Å². The van der Waals surface area contributed by atoms with Crippen molar-refractivity contribution in [1.82, 2.24) is 5.32 Å². The van der Waals surface area contributed by atoms with Crippen LogP contribution in [0, 0.1) is 0 Å². The minimum absolute atomic E-state index is 0.0747. The Kier molecular flexibility index (Phi) is 6.52. The molecule has 2 amide bonds. The minimum atomic E-state index is -0.696. The molecular weight excluding hydrogens is 312 g/mol. The summed E-state index contributed by atoms with van der Waals surface area (Å²) in [6.07, 6.45) is 1.23. The van der Waals surface area contributed by atoms with Gasteiger partial charge in [0.05, 0.1) is 0 Å². The van der Waals surface area contributed by atoms with Gasteiger partial charge in [-0.25, -0.2) is 0 Å². The summed E-state index contributed by atoms with van der Waals surface area (Å²) in [6, 6.07) is 6.80. The molecule has 104 valence electrons. The van der Waals surface area contributed by atoms with Crippen LogP contribution < -0.4 is 10.6 Å². The summed E-state index contributed by atoms with van der Waals surface area (Å²) in [6.45, 7) is 1.87. The van der Waals surface area contributed by atoms with Crippen LogP contribution in [0.1, 0.15) is 19.8 Å². The molecule has 1 atom stereocenters. The summed E-state index contributed by atoms with van der Waals surface area (Å²) in [5.41, 5.74) is 0.561. The number of benzene rings is 1. The normalized spacial score (nSPS) is 11.7. The fraction of sp³-hybridized carbons (Fsp3) is 0.385. The molecule has 0 aromatic heterocycles. The van der Waals surface area contributed by atoms with Crippen molar-refractivity contribution in [3.63, 3.8) is 0 Å². The van der Waals surface area contributed by atoms with E-state index in [1.807, 2.05) is 0 Å². The highest BCUT2D eigenvalue weighted by atomic mass is 79.9. The highest BCUT2D eigenvalue weighted by Crippen LogP contribution is 2.13. The van der Waals surface area contributed by atoms with Gasteiger partial charge in [-0.3, -0.25) is 9.59 Å². The lowest BCUT2D eigenvalue weighted by Crippen LogP contribution is -2.40. The standard InChI is InChI=1S/C13H17BrN2O3/c1-9(3-2-8-17)15-12(18)13(19)16-11-6-4-10(14)5-7-11/h4-7,9,17H,2-3,8H2,1H3,(H,15,18)(H,16,19). The monoisotopic (exact) mass is 328 g/mol. The summed E-state index contributed by atoms with van der Waals surface area (Å²) >= 11 is 3.28. The van der Waals surface area contributed by atoms with Gasteiger partial charge in [0.2, 0.25) is 0 Å². The molecule has 0 fully saturated rings. The summed E-state index contributed by atoms with van der Waals surface area (Å²) in [7, 11) is 0. The van der Waals surface area contributed by atoms with Gasteiger partial charge in [0.25, 0.3) is 0 Å². The predicted molar refractivity (Wildman–Crippen MR) is 76.7 cm³/mol. The Morgan fingerprint density at radius 1 is 1.26 bits per heavy atom. The Morgan fingerprint density at radius 2 is 1.89 bits per heavy atom. The zero-order chi connectivity index (χ0) is 14.3. The van der Waals surface area contributed by atoms with Crippen molar-refractivity contribution in [2.24, 2.45) is 0 Å². The number of carbonyl (C=O) groups is 2. The van der Waals surface area contributed by atoms with Crippen molar-refractivity contribution >= 4 is 33.4 Å². The summed E-state index contributed by atoms with van der Waals surface area (Å²) < 4.78 is 0.896. The molecule has 0 saturated carbocycles. The SMILES string of the molecule is CC(CCCO)NC(=O)C(=O)Nc1ccc(Br)cc1. The number of carbonyl (C=O) groups excluding carboxylic acids is 2. The number of aliphatic hydroxyl groups excluding tert-OH is 1. The molecule has 0 bridgehead atoms. The second kappa shape index (κ2) is 7.91. The largest absolute Gasteiger partial charge is 0.396 e. The third-order valence-electron chi connectivity index (χ3n) is 2.48. The third kappa shape index (κ3) is 5.85. The summed E-state index contributed by atoms with van der Waals surface area (Å²) in [4.78, 5) is 23.2. The molecule has 5 nitrogen and oxygen atoms in total. The number of halogens is 1. The second-order valence-electron chi connectivity index (χ2n) is 4.20. The quantitative estimate of drug-likeness (QED) is 0.719. The Hall–Kier alpha value is -1.40. The molecule has 0 aliphatic heterocycles. The first-order valence-corrected chi connectivity index (χ1v) is 6.80. The zero-order valence-corrected chi connectivity index (χ0v) is 12.2. The van der Waals surface area contributed by atoms with Gasteiger partial charge in [-0.15, -0.1) is 0 Å². The van der Waals surface area contributed by atoms with Crippen LogP contribution >= 0.6 is 15.9 Å². The molecule has 19 heavy (non-hydrogen) atoms. The van der Waals surface area contributed by atoms with E-state index in [1.165, 1.54) is 0 Å². The van der Waals surface area contributed by atoms with Gasteiger partial charge >= 0.3 is 11.8 Å². The lowest BCUT2D eigenvalue weighted by molar-refractivity contribution is -0.136. The number of hydrogen-bond acceptors (Lipinski definition) is 3. The Balaban J connectivity index is 2.44. The molecule has 1 unspecified atom stereocenters. The van der Waals surface area contributed by atoms with E-state index >= 15 is 0 Å². The van der Waals surface area contributed by atoms with Crippen LogP contribution in [0.15, 0.2) is 28.7 Å². The first-order chi connectivity index (χ1) is 9.02. The number of hydrogen-bond donors (Lipinski definition) is 3. The molecular formula is C13H17BrN2O3. The average Bonchev–Trinajstić information content (AvgIpc) is 2.39. The van der Waals surface area contributed by atoms with E-state index in [-0.39, 0.29) is 12.6 Å². The Morgan fingerprint density at radius 3 is 2.47 bits per heavy atom. The predicted octanol–water partition coefficient (Wildman–Crippen LogP) is 1.66. The minimum Gasteiger partial charge on any atom is -0.396 e. The maximum Gasteiger partial charge on any atom is 0.313 e. The van der Waals surface area contributed by atoms with Crippen molar-refractivity contribution in [2.75, 3.05) is 11.9 Å². The van der Waals surface area contributed by atoms with E-state index in [4.69, 9.17) is 5.11 Å². The lowest BCUT2D eigenvalue weighted by Gasteiger charge is -2.12. The lowest BCUT2D eigenvalue weighted by atomic mass is 10.2. The fourth-order valence-corrected chi connectivity index (χ4v) is 1.74. The summed E-state index contributed by atoms with van der Waals surface area (Å²) in [5, 5.41) is 13.8. The fourth-order valence-electron chi connectivity index (χ4n) is 1.48. The van der Waals surface area contributed by atoms with Gasteiger partial charge in [0, 0.05) is 22.8 Å². The maximum absolute atomic E-state index is 11.6. The highest BCUT2D eigenvalue weighted by molar-refractivity contribution is 9.10. The van der Waals surface area contributed by atoms with Crippen molar-refractivity contribution in [3.8, 4) is 0 Å². The first kappa shape index (κ1) is 15.7. The molecule has 0 aliphatic carbocycles. The van der Waals surface area contributed by atoms with E-state index in [9.17, 15) is 9.59 Å². The first-order valence-electron chi connectivity index (χ1n) is 6.01. The van der Waals surface area contributed by atoms with E-state index in [2.05, 4.69) is 26.6 Å². The van der Waals surface area contributed by atoms with Crippen LogP contribution in [0.2, 0.25) is 0 Å². The third-order valence-corrected chi connectivity index (χ3v) is 3.01. The number of aliphatic hydroxyl groups is 1. The molecule has 1 aromatic carbocycles. The van der Waals surface area contributed by atoms with E-state index < -0.39 is 11.8 Å². The molecule has 1 rings (SSSR count). The van der Waals surface area contributed by atoms with Gasteiger partial charge in [-0.2, -0.15) is 0 Å². The average molecular weight is 329 g/mol. The van der Waals surface area contributed by atoms with Crippen LogP contribution in [0.25, 0.3) is 0 Å². The van der Waals surface area contributed by atoms with Crippen LogP contribution in [-0.4, -0.2) is 29.6 Å². The number of anilines is 1. The molecule has 1 aromatic rings. The van der Waals surface area contributed by atoms with E-state index in [0.29, 0.717) is 18.5 Å². The zero-order valence-electron chi connectivity index (χ0n) is 10.6. The van der Waals surface area contributed by atoms with Crippen LogP contribution in [-0.2, 0) is 9.59 Å². The molecule has 0 radical (unpaired) electrons. The topological polar surface area (TPSA) is 78.4 Å². The molecule has 0 spiro atoms. The number of nitrogens with one attached hydrogen (secondary N) is 2. The maximum atomic E-state index is 11.6. The van der Waals surface area contributed by atoms with Crippen LogP contribution in [0.5, 0.6) is 0 Å². The second-order valence-corrected chi connectivity index (χ2v) is 5.12. The van der Waals surface area contributed by atoms with Gasteiger partial charge in [0.1, 0.15) is 0 Å². The van der Waals surface area contributed by atoms with Crippen molar-refractivity contribution in [3.05, 3.63) is 28.7 Å². The van der Waals surface area contributed by atoms with Gasteiger partial charge in [-0.05, 0) is 44.0 Å². The molecule has 3 N–H and O–H groups in total. The van der Waals surface area contributed by atoms with Crippen LogP contribution in [0.4, 0.5) is 5.69 Å². The molecule has 0 heterocycles. The van der Waals surface area contributed by atoms with E-state index in [1.54, 1.807) is 31.2 Å². The van der Waals surface area contributed by atoms with Gasteiger partial charge in [0.15, 0.2) is 0 Å². The van der Waals surface area contributed by atoms with E-state index in [0.717, 1.165) is 4.47 Å². The Labute approximate surface area is 120 Å². The van der Waals surface area contributed by atoms with Crippen molar-refractivity contribution in [1.29, 1.82) is 0 Å². The number of amides is 2. The molecule has 0 saturated heterocycles. The highest BCUT2D eigenvalue weighted by Gasteiger charge is 2.15. The molecule has 6 heteroatoms. The Bertz CT molecular complexity index is 434. The summed E-state index contributed by atoms with van der Waals surface area (Å²) in [5.74, 6) is -1.37. The van der Waals surface area contributed by atoms with Crippen LogP contribution in [0.3, 0.4) is 0 Å². The van der Waals surface area contributed by atoms with Gasteiger partial charge < -0.3 is 15.7 Å². The van der Waals surface area contributed by atoms with Gasteiger partial charge in [-0.1, -0.05) is 15.9 Å². The molecule has 0 aliphatic rings.